The average molecular weight is 695 g/mol. The van der Waals surface area contributed by atoms with Crippen LogP contribution in [0.4, 0.5) is 0 Å². The lowest BCUT2D eigenvalue weighted by Gasteiger charge is -2.61. The zero-order chi connectivity index (χ0) is 35.8. The molecular weight excluding hydrogens is 657 g/mol. The number of rotatable bonds is 5. The van der Waals surface area contributed by atoms with Gasteiger partial charge in [-0.2, -0.15) is 5.26 Å². The van der Waals surface area contributed by atoms with Crippen molar-refractivity contribution in [3.05, 3.63) is 162 Å². The summed E-state index contributed by atoms with van der Waals surface area (Å²) in [6, 6.07) is 54.0. The van der Waals surface area contributed by atoms with Crippen molar-refractivity contribution in [3.8, 4) is 73.6 Å². The highest BCUT2D eigenvalue weighted by atomic mass is 15.0. The van der Waals surface area contributed by atoms with Crippen molar-refractivity contribution >= 4 is 0 Å². The summed E-state index contributed by atoms with van der Waals surface area (Å²) < 4.78 is 0. The lowest BCUT2D eigenvalue weighted by atomic mass is 9.43. The Morgan fingerprint density at radius 3 is 1.50 bits per heavy atom. The minimum absolute atomic E-state index is 0.00858. The van der Waals surface area contributed by atoms with E-state index in [1.54, 1.807) is 0 Å². The molecule has 1 aromatic heterocycles. The molecule has 0 amide bonds. The van der Waals surface area contributed by atoms with E-state index >= 15 is 0 Å². The van der Waals surface area contributed by atoms with E-state index in [1.165, 1.54) is 65.5 Å². The van der Waals surface area contributed by atoms with Gasteiger partial charge in [0.25, 0.3) is 0 Å². The predicted molar refractivity (Wildman–Crippen MR) is 215 cm³/mol. The predicted octanol–water partition coefficient (Wildman–Crippen LogP) is 11.8. The number of benzene rings is 6. The molecule has 5 aliphatic carbocycles. The van der Waals surface area contributed by atoms with Crippen LogP contribution < -0.4 is 0 Å². The molecule has 4 saturated carbocycles. The van der Waals surface area contributed by atoms with Crippen LogP contribution >= 0.6 is 0 Å². The van der Waals surface area contributed by atoms with Gasteiger partial charge in [0, 0.05) is 27.7 Å². The Bertz CT molecular complexity index is 2550. The van der Waals surface area contributed by atoms with E-state index in [0.717, 1.165) is 45.2 Å². The Kier molecular flexibility index (Phi) is 7.07. The molecule has 6 aromatic carbocycles. The van der Waals surface area contributed by atoms with Gasteiger partial charge in [-0.1, -0.05) is 121 Å². The van der Waals surface area contributed by atoms with Crippen molar-refractivity contribution in [1.82, 2.24) is 15.0 Å². The SMILES string of the molecule is N#Cc1cccc2c1-c1ccc(-c3cccc(-c4cccc(-c5nc(-c6ccccc6)nc(-c6ccccc6)n5)c4)c3)cc1C21C2CC3CC(C2)CC1C3. The summed E-state index contributed by atoms with van der Waals surface area (Å²) in [5.74, 6) is 4.99. The number of nitrogens with zero attached hydrogens (tertiary/aromatic N) is 4. The number of aromatic nitrogens is 3. The molecule has 0 unspecified atom stereocenters. The molecule has 12 rings (SSSR count). The average Bonchev–Trinajstić information content (AvgIpc) is 3.53. The molecule has 7 aromatic rings. The number of nitriles is 1. The summed E-state index contributed by atoms with van der Waals surface area (Å²) in [6.45, 7) is 0. The molecule has 0 N–H and O–H groups in total. The van der Waals surface area contributed by atoms with E-state index in [2.05, 4.69) is 84.9 Å². The summed E-state index contributed by atoms with van der Waals surface area (Å²) in [7, 11) is 0. The molecule has 4 fully saturated rings. The molecule has 1 heterocycles. The molecule has 5 aliphatic rings. The molecule has 0 aliphatic heterocycles. The molecular formula is C50H38N4. The van der Waals surface area contributed by atoms with Crippen molar-refractivity contribution in [2.45, 2.75) is 37.5 Å². The normalized spacial score (nSPS) is 22.9. The van der Waals surface area contributed by atoms with Gasteiger partial charge in [0.1, 0.15) is 0 Å². The number of hydrogen-bond donors (Lipinski definition) is 0. The molecule has 258 valence electrons. The van der Waals surface area contributed by atoms with Crippen molar-refractivity contribution < 1.29 is 0 Å². The summed E-state index contributed by atoms with van der Waals surface area (Å²) >= 11 is 0. The number of fused-ring (bicyclic) bond motifs is 3. The second kappa shape index (κ2) is 12.2. The molecule has 4 bridgehead atoms. The van der Waals surface area contributed by atoms with Crippen LogP contribution in [0.3, 0.4) is 0 Å². The maximum atomic E-state index is 10.3. The fraction of sp³-hybridized carbons (Fsp3) is 0.200. The second-order valence-electron chi connectivity index (χ2n) is 16.0. The van der Waals surface area contributed by atoms with Gasteiger partial charge in [0.15, 0.2) is 17.5 Å². The summed E-state index contributed by atoms with van der Waals surface area (Å²) in [5, 5.41) is 10.3. The zero-order valence-electron chi connectivity index (χ0n) is 30.0. The van der Waals surface area contributed by atoms with Crippen molar-refractivity contribution in [1.29, 1.82) is 5.26 Å². The highest BCUT2D eigenvalue weighted by Gasteiger charge is 2.61. The third-order valence-corrected chi connectivity index (χ3v) is 13.1. The minimum Gasteiger partial charge on any atom is -0.208 e. The standard InChI is InChI=1S/C50H38N4/c51-30-40-18-9-19-44-46(40)43-21-20-38(29-45(43)50(44)41-23-31-22-32(25-41)26-42(50)24-31)36-15-7-14-35(27-36)37-16-8-17-39(28-37)49-53-47(33-10-3-1-4-11-33)52-48(54-49)34-12-5-2-6-13-34/h1-21,27-29,31-32,41-42H,22-26H2. The third-order valence-electron chi connectivity index (χ3n) is 13.1. The van der Waals surface area contributed by atoms with Crippen LogP contribution in [-0.4, -0.2) is 15.0 Å². The van der Waals surface area contributed by atoms with Crippen LogP contribution in [-0.2, 0) is 5.41 Å². The first-order valence-corrected chi connectivity index (χ1v) is 19.4. The lowest BCUT2D eigenvalue weighted by molar-refractivity contribution is -0.0399. The van der Waals surface area contributed by atoms with Gasteiger partial charge in [0.05, 0.1) is 11.6 Å². The molecule has 54 heavy (non-hydrogen) atoms. The van der Waals surface area contributed by atoms with Crippen LogP contribution in [0, 0.1) is 35.0 Å². The molecule has 4 heteroatoms. The second-order valence-corrected chi connectivity index (χ2v) is 16.0. The van der Waals surface area contributed by atoms with E-state index in [-0.39, 0.29) is 5.41 Å². The maximum absolute atomic E-state index is 10.3. The monoisotopic (exact) mass is 694 g/mol. The maximum Gasteiger partial charge on any atom is 0.164 e. The van der Waals surface area contributed by atoms with Crippen LogP contribution in [0.1, 0.15) is 48.8 Å². The highest BCUT2D eigenvalue weighted by Crippen LogP contribution is 2.69. The van der Waals surface area contributed by atoms with Crippen LogP contribution in [0.25, 0.3) is 67.5 Å². The van der Waals surface area contributed by atoms with Gasteiger partial charge < -0.3 is 0 Å². The Morgan fingerprint density at radius 1 is 0.444 bits per heavy atom. The fourth-order valence-corrected chi connectivity index (χ4v) is 11.2. The van der Waals surface area contributed by atoms with E-state index in [0.29, 0.717) is 29.3 Å². The van der Waals surface area contributed by atoms with Gasteiger partial charge in [-0.25, -0.2) is 15.0 Å². The Labute approximate surface area is 316 Å². The van der Waals surface area contributed by atoms with Crippen molar-refractivity contribution in [3.63, 3.8) is 0 Å². The summed E-state index contributed by atoms with van der Waals surface area (Å²) in [5.41, 5.74) is 13.8. The molecule has 4 nitrogen and oxygen atoms in total. The first-order chi connectivity index (χ1) is 26.7. The van der Waals surface area contributed by atoms with Crippen LogP contribution in [0.2, 0.25) is 0 Å². The molecule has 0 atom stereocenters. The first kappa shape index (κ1) is 31.4. The van der Waals surface area contributed by atoms with E-state index in [9.17, 15) is 5.26 Å². The van der Waals surface area contributed by atoms with Crippen molar-refractivity contribution in [2.24, 2.45) is 23.7 Å². The van der Waals surface area contributed by atoms with E-state index in [1.807, 2.05) is 66.7 Å². The smallest absolute Gasteiger partial charge is 0.164 e. The highest BCUT2D eigenvalue weighted by molar-refractivity contribution is 5.88. The summed E-state index contributed by atoms with van der Waals surface area (Å²) in [4.78, 5) is 14.9. The van der Waals surface area contributed by atoms with Gasteiger partial charge in [0.2, 0.25) is 0 Å². The van der Waals surface area contributed by atoms with Gasteiger partial charge >= 0.3 is 0 Å². The Balaban J connectivity index is 0.999. The lowest BCUT2D eigenvalue weighted by Crippen LogP contribution is -2.55. The topological polar surface area (TPSA) is 62.5 Å². The minimum atomic E-state index is 0.00858. The molecule has 0 saturated heterocycles. The van der Waals surface area contributed by atoms with Gasteiger partial charge in [-0.15, -0.1) is 0 Å². The molecule has 1 spiro atoms. The van der Waals surface area contributed by atoms with Crippen LogP contribution in [0.5, 0.6) is 0 Å². The van der Waals surface area contributed by atoms with Crippen molar-refractivity contribution in [2.75, 3.05) is 0 Å². The fourth-order valence-electron chi connectivity index (χ4n) is 11.2. The van der Waals surface area contributed by atoms with Crippen LogP contribution in [0.15, 0.2) is 146 Å². The molecule has 0 radical (unpaired) electrons. The van der Waals surface area contributed by atoms with Gasteiger partial charge in [-0.3, -0.25) is 0 Å². The quantitative estimate of drug-likeness (QED) is 0.180. The Morgan fingerprint density at radius 2 is 0.926 bits per heavy atom. The first-order valence-electron chi connectivity index (χ1n) is 19.4. The summed E-state index contributed by atoms with van der Waals surface area (Å²) in [6.07, 6.45) is 6.70. The van der Waals surface area contributed by atoms with E-state index in [4.69, 9.17) is 15.0 Å². The number of hydrogen-bond acceptors (Lipinski definition) is 4. The zero-order valence-corrected chi connectivity index (χ0v) is 30.0. The largest absolute Gasteiger partial charge is 0.208 e. The third kappa shape index (κ3) is 4.78. The van der Waals surface area contributed by atoms with Gasteiger partial charge in [-0.05, 0) is 119 Å². The van der Waals surface area contributed by atoms with E-state index < -0.39 is 0 Å². The Hall–Kier alpha value is -6.18.